The van der Waals surface area contributed by atoms with Gasteiger partial charge in [0.1, 0.15) is 5.54 Å². The fourth-order valence-corrected chi connectivity index (χ4v) is 1.61. The third kappa shape index (κ3) is 3.30. The Hall–Kier alpha value is -1.35. The summed E-state index contributed by atoms with van der Waals surface area (Å²) in [5.41, 5.74) is 0.508. The SMILES string of the molecule is COC(=O)C(C)(NCc1ccccc1)C(C)C. The molecule has 1 aromatic rings. The lowest BCUT2D eigenvalue weighted by Gasteiger charge is -2.32. The lowest BCUT2D eigenvalue weighted by atomic mass is 9.88. The van der Waals surface area contributed by atoms with Crippen LogP contribution in [0, 0.1) is 5.92 Å². The number of methoxy groups -OCH3 is 1. The standard InChI is InChI=1S/C14H21NO2/c1-11(2)14(3,13(16)17-4)15-10-12-8-6-5-7-9-12/h5-9,11,15H,10H2,1-4H3. The largest absolute Gasteiger partial charge is 0.468 e. The lowest BCUT2D eigenvalue weighted by molar-refractivity contribution is -0.150. The molecular weight excluding hydrogens is 214 g/mol. The molecule has 1 atom stereocenters. The van der Waals surface area contributed by atoms with E-state index in [1.165, 1.54) is 7.11 Å². The van der Waals surface area contributed by atoms with Gasteiger partial charge in [-0.05, 0) is 18.4 Å². The first-order valence-electron chi connectivity index (χ1n) is 5.88. The van der Waals surface area contributed by atoms with Crippen molar-refractivity contribution in [3.8, 4) is 0 Å². The molecule has 0 aliphatic carbocycles. The van der Waals surface area contributed by atoms with Crippen LogP contribution < -0.4 is 5.32 Å². The van der Waals surface area contributed by atoms with Crippen LogP contribution in [0.4, 0.5) is 0 Å². The highest BCUT2D eigenvalue weighted by molar-refractivity contribution is 5.80. The first-order valence-corrected chi connectivity index (χ1v) is 5.88. The zero-order chi connectivity index (χ0) is 12.9. The molecule has 0 spiro atoms. The van der Waals surface area contributed by atoms with Crippen molar-refractivity contribution in [2.45, 2.75) is 32.9 Å². The van der Waals surface area contributed by atoms with Crippen molar-refractivity contribution in [1.82, 2.24) is 5.32 Å². The third-order valence-electron chi connectivity index (χ3n) is 3.27. The molecule has 0 saturated heterocycles. The predicted octanol–water partition coefficient (Wildman–Crippen LogP) is 2.36. The lowest BCUT2D eigenvalue weighted by Crippen LogP contribution is -2.53. The molecule has 1 N–H and O–H groups in total. The number of benzene rings is 1. The van der Waals surface area contributed by atoms with Gasteiger partial charge in [0.2, 0.25) is 0 Å². The monoisotopic (exact) mass is 235 g/mol. The van der Waals surface area contributed by atoms with Crippen LogP contribution in [-0.2, 0) is 16.1 Å². The van der Waals surface area contributed by atoms with Crippen molar-refractivity contribution in [3.05, 3.63) is 35.9 Å². The van der Waals surface area contributed by atoms with E-state index in [4.69, 9.17) is 4.74 Å². The van der Waals surface area contributed by atoms with Crippen LogP contribution in [0.25, 0.3) is 0 Å². The summed E-state index contributed by atoms with van der Waals surface area (Å²) < 4.78 is 4.86. The molecule has 3 nitrogen and oxygen atoms in total. The van der Waals surface area contributed by atoms with Crippen LogP contribution in [0.5, 0.6) is 0 Å². The molecule has 3 heteroatoms. The molecule has 0 amide bonds. The third-order valence-corrected chi connectivity index (χ3v) is 3.27. The second-order valence-electron chi connectivity index (χ2n) is 4.69. The van der Waals surface area contributed by atoms with Crippen LogP contribution in [0.2, 0.25) is 0 Å². The maximum Gasteiger partial charge on any atom is 0.326 e. The summed E-state index contributed by atoms with van der Waals surface area (Å²) in [4.78, 5) is 11.8. The number of ether oxygens (including phenoxy) is 1. The Balaban J connectivity index is 2.72. The van der Waals surface area contributed by atoms with E-state index in [-0.39, 0.29) is 11.9 Å². The molecule has 0 fully saturated rings. The molecule has 94 valence electrons. The molecule has 0 aliphatic rings. The molecule has 0 aliphatic heterocycles. The van der Waals surface area contributed by atoms with Gasteiger partial charge >= 0.3 is 5.97 Å². The molecule has 1 unspecified atom stereocenters. The molecule has 0 heterocycles. The molecule has 0 saturated carbocycles. The summed E-state index contributed by atoms with van der Waals surface area (Å²) in [5.74, 6) is -0.0536. The van der Waals surface area contributed by atoms with Gasteiger partial charge in [-0.15, -0.1) is 0 Å². The summed E-state index contributed by atoms with van der Waals surface area (Å²) in [7, 11) is 1.42. The van der Waals surface area contributed by atoms with Crippen LogP contribution in [0.15, 0.2) is 30.3 Å². The van der Waals surface area contributed by atoms with Crippen LogP contribution in [0.1, 0.15) is 26.3 Å². The van der Waals surface area contributed by atoms with Crippen molar-refractivity contribution >= 4 is 5.97 Å². The van der Waals surface area contributed by atoms with Gasteiger partial charge in [0, 0.05) is 6.54 Å². The Bertz CT molecular complexity index is 362. The Kier molecular flexibility index (Phi) is 4.70. The first kappa shape index (κ1) is 13.7. The van der Waals surface area contributed by atoms with Gasteiger partial charge in [-0.2, -0.15) is 0 Å². The molecular formula is C14H21NO2. The minimum absolute atomic E-state index is 0.165. The minimum atomic E-state index is -0.648. The number of hydrogen-bond donors (Lipinski definition) is 1. The first-order chi connectivity index (χ1) is 8.00. The van der Waals surface area contributed by atoms with Gasteiger partial charge in [-0.25, -0.2) is 0 Å². The molecule has 0 radical (unpaired) electrons. The highest BCUT2D eigenvalue weighted by Crippen LogP contribution is 2.19. The number of nitrogens with one attached hydrogen (secondary N) is 1. The maximum atomic E-state index is 11.8. The zero-order valence-electron chi connectivity index (χ0n) is 11.0. The quantitative estimate of drug-likeness (QED) is 0.796. The van der Waals surface area contributed by atoms with E-state index in [0.29, 0.717) is 6.54 Å². The van der Waals surface area contributed by atoms with E-state index in [1.54, 1.807) is 0 Å². The van der Waals surface area contributed by atoms with Crippen molar-refractivity contribution in [2.24, 2.45) is 5.92 Å². The average Bonchev–Trinajstić information content (AvgIpc) is 2.35. The van der Waals surface area contributed by atoms with Crippen LogP contribution >= 0.6 is 0 Å². The summed E-state index contributed by atoms with van der Waals surface area (Å²) in [6, 6.07) is 10.0. The second kappa shape index (κ2) is 5.82. The fraction of sp³-hybridized carbons (Fsp3) is 0.500. The summed E-state index contributed by atoms with van der Waals surface area (Å²) in [6.45, 7) is 6.56. The van der Waals surface area contributed by atoms with Crippen molar-refractivity contribution in [3.63, 3.8) is 0 Å². The van der Waals surface area contributed by atoms with E-state index < -0.39 is 5.54 Å². The van der Waals surface area contributed by atoms with E-state index in [0.717, 1.165) is 5.56 Å². The highest BCUT2D eigenvalue weighted by Gasteiger charge is 2.37. The predicted molar refractivity (Wildman–Crippen MR) is 68.5 cm³/mol. The Morgan fingerprint density at radius 1 is 1.35 bits per heavy atom. The van der Waals surface area contributed by atoms with Crippen molar-refractivity contribution in [1.29, 1.82) is 0 Å². The molecule has 1 rings (SSSR count). The fourth-order valence-electron chi connectivity index (χ4n) is 1.61. The van der Waals surface area contributed by atoms with Gasteiger partial charge in [0.05, 0.1) is 7.11 Å². The van der Waals surface area contributed by atoms with Gasteiger partial charge < -0.3 is 4.74 Å². The van der Waals surface area contributed by atoms with E-state index in [2.05, 4.69) is 5.32 Å². The van der Waals surface area contributed by atoms with E-state index in [9.17, 15) is 4.79 Å². The van der Waals surface area contributed by atoms with Crippen molar-refractivity contribution in [2.75, 3.05) is 7.11 Å². The number of rotatable bonds is 5. The number of hydrogen-bond acceptors (Lipinski definition) is 3. The number of carbonyl (C=O) groups excluding carboxylic acids is 1. The van der Waals surface area contributed by atoms with E-state index in [1.807, 2.05) is 51.1 Å². The number of esters is 1. The van der Waals surface area contributed by atoms with Gasteiger partial charge in [-0.3, -0.25) is 10.1 Å². The summed E-state index contributed by atoms with van der Waals surface area (Å²) >= 11 is 0. The summed E-state index contributed by atoms with van der Waals surface area (Å²) in [6.07, 6.45) is 0. The topological polar surface area (TPSA) is 38.3 Å². The van der Waals surface area contributed by atoms with E-state index >= 15 is 0 Å². The normalized spacial score (nSPS) is 14.4. The van der Waals surface area contributed by atoms with Gasteiger partial charge in [0.25, 0.3) is 0 Å². The highest BCUT2D eigenvalue weighted by atomic mass is 16.5. The molecule has 0 aromatic heterocycles. The molecule has 17 heavy (non-hydrogen) atoms. The number of carbonyl (C=O) groups is 1. The van der Waals surface area contributed by atoms with Crippen LogP contribution in [0.3, 0.4) is 0 Å². The molecule has 1 aromatic carbocycles. The van der Waals surface area contributed by atoms with Crippen molar-refractivity contribution < 1.29 is 9.53 Å². The van der Waals surface area contributed by atoms with Crippen LogP contribution in [-0.4, -0.2) is 18.6 Å². The summed E-state index contributed by atoms with van der Waals surface area (Å²) in [5, 5.41) is 3.29. The minimum Gasteiger partial charge on any atom is -0.468 e. The average molecular weight is 235 g/mol. The smallest absolute Gasteiger partial charge is 0.326 e. The molecule has 0 bridgehead atoms. The van der Waals surface area contributed by atoms with Gasteiger partial charge in [-0.1, -0.05) is 44.2 Å². The zero-order valence-corrected chi connectivity index (χ0v) is 11.0. The van der Waals surface area contributed by atoms with Gasteiger partial charge in [0.15, 0.2) is 0 Å². The Morgan fingerprint density at radius 3 is 2.41 bits per heavy atom. The second-order valence-corrected chi connectivity index (χ2v) is 4.69. The Morgan fingerprint density at radius 2 is 1.94 bits per heavy atom. The Labute approximate surface area is 103 Å². The maximum absolute atomic E-state index is 11.8.